The number of aliphatic carboxylic acids is 1. The van der Waals surface area contributed by atoms with Gasteiger partial charge in [-0.15, -0.1) is 0 Å². The van der Waals surface area contributed by atoms with E-state index < -0.39 is 11.4 Å². The maximum absolute atomic E-state index is 11.5. The van der Waals surface area contributed by atoms with Crippen molar-refractivity contribution in [3.05, 3.63) is 51.2 Å². The van der Waals surface area contributed by atoms with Gasteiger partial charge in [0, 0.05) is 47.4 Å². The minimum absolute atomic E-state index is 0.309. The van der Waals surface area contributed by atoms with E-state index in [1.165, 1.54) is 12.8 Å². The predicted molar refractivity (Wildman–Crippen MR) is 144 cm³/mol. The van der Waals surface area contributed by atoms with Crippen molar-refractivity contribution >= 4 is 46.5 Å². The Hall–Kier alpha value is -1.73. The number of nitrogens with zero attached hydrogens (tertiary/aromatic N) is 3. The van der Waals surface area contributed by atoms with Crippen LogP contribution in [0.5, 0.6) is 5.75 Å². The Morgan fingerprint density at radius 3 is 2.61 bits per heavy atom. The summed E-state index contributed by atoms with van der Waals surface area (Å²) >= 11 is 18.7. The number of piperidine rings is 1. The number of hydrogen-bond donors (Lipinski definition) is 1. The second-order valence-corrected chi connectivity index (χ2v) is 12.1. The molecule has 5 rings (SSSR count). The highest BCUT2D eigenvalue weighted by Gasteiger charge is 2.49. The van der Waals surface area contributed by atoms with Crippen LogP contribution in [0.2, 0.25) is 15.2 Å². The first-order valence-corrected chi connectivity index (χ1v) is 13.8. The first-order valence-electron chi connectivity index (χ1n) is 12.6. The van der Waals surface area contributed by atoms with Gasteiger partial charge in [-0.05, 0) is 70.0 Å². The molecule has 9 heteroatoms. The van der Waals surface area contributed by atoms with Gasteiger partial charge in [-0.3, -0.25) is 4.79 Å². The Balaban J connectivity index is 1.17. The molecule has 2 aromatic rings. The van der Waals surface area contributed by atoms with Gasteiger partial charge in [0.2, 0.25) is 0 Å². The molecule has 1 aromatic carbocycles. The first-order chi connectivity index (χ1) is 17.1. The molecule has 0 unspecified atom stereocenters. The molecule has 36 heavy (non-hydrogen) atoms. The maximum Gasteiger partial charge on any atom is 0.309 e. The summed E-state index contributed by atoms with van der Waals surface area (Å²) in [4.78, 5) is 20.7. The molecule has 3 fully saturated rings. The van der Waals surface area contributed by atoms with Crippen LogP contribution in [-0.4, -0.2) is 53.2 Å². The summed E-state index contributed by atoms with van der Waals surface area (Å²) < 4.78 is 6.15. The summed E-state index contributed by atoms with van der Waals surface area (Å²) in [6.45, 7) is 7.93. The Labute approximate surface area is 227 Å². The molecular weight excluding hydrogens is 521 g/mol. The molecule has 2 saturated heterocycles. The lowest BCUT2D eigenvalue weighted by atomic mass is 9.65. The number of aromatic nitrogens is 1. The third kappa shape index (κ3) is 5.15. The van der Waals surface area contributed by atoms with Crippen LogP contribution in [0.1, 0.15) is 51.2 Å². The topological polar surface area (TPSA) is 65.9 Å². The van der Waals surface area contributed by atoms with E-state index in [0.29, 0.717) is 38.8 Å². The lowest BCUT2D eigenvalue weighted by Crippen LogP contribution is -2.58. The fraction of sp³-hybridized carbons (Fsp3) is 0.556. The van der Waals surface area contributed by atoms with Gasteiger partial charge >= 0.3 is 5.97 Å². The van der Waals surface area contributed by atoms with Crippen LogP contribution in [0, 0.1) is 17.3 Å². The number of likely N-dealkylation sites (tertiary alicyclic amines) is 1. The van der Waals surface area contributed by atoms with Crippen LogP contribution in [0.25, 0.3) is 0 Å². The highest BCUT2D eigenvalue weighted by atomic mass is 35.5. The normalized spacial score (nSPS) is 27.8. The van der Waals surface area contributed by atoms with E-state index >= 15 is 0 Å². The molecule has 3 aliphatic rings. The third-order valence-electron chi connectivity index (χ3n) is 8.33. The second kappa shape index (κ2) is 10.2. The first kappa shape index (κ1) is 25.9. The molecule has 2 atom stereocenters. The summed E-state index contributed by atoms with van der Waals surface area (Å²) in [5.74, 6) is 1.15. The van der Waals surface area contributed by atoms with Crippen molar-refractivity contribution in [1.29, 1.82) is 0 Å². The van der Waals surface area contributed by atoms with Crippen molar-refractivity contribution in [1.82, 2.24) is 9.88 Å². The zero-order valence-corrected chi connectivity index (χ0v) is 22.9. The van der Waals surface area contributed by atoms with Crippen molar-refractivity contribution in [3.63, 3.8) is 0 Å². The summed E-state index contributed by atoms with van der Waals surface area (Å²) in [6, 6.07) is 7.74. The monoisotopic (exact) mass is 551 g/mol. The number of ether oxygens (including phenoxy) is 1. The van der Waals surface area contributed by atoms with Gasteiger partial charge < -0.3 is 19.6 Å². The predicted octanol–water partition coefficient (Wildman–Crippen LogP) is 6.58. The Morgan fingerprint density at radius 1 is 1.17 bits per heavy atom. The van der Waals surface area contributed by atoms with Gasteiger partial charge in [0.25, 0.3) is 0 Å². The van der Waals surface area contributed by atoms with Crippen LogP contribution in [0.15, 0.2) is 30.5 Å². The van der Waals surface area contributed by atoms with E-state index in [4.69, 9.17) is 39.5 Å². The Kier molecular flexibility index (Phi) is 7.34. The third-order valence-corrected chi connectivity index (χ3v) is 9.18. The molecule has 1 saturated carbocycles. The lowest BCUT2D eigenvalue weighted by molar-refractivity contribution is -0.158. The van der Waals surface area contributed by atoms with Crippen molar-refractivity contribution in [3.8, 4) is 5.75 Å². The smallest absolute Gasteiger partial charge is 0.309 e. The molecule has 0 bridgehead atoms. The number of rotatable bonds is 7. The number of benzene rings is 1. The lowest BCUT2D eigenvalue weighted by Gasteiger charge is -2.52. The number of hydrogen-bond acceptors (Lipinski definition) is 5. The van der Waals surface area contributed by atoms with Gasteiger partial charge in [-0.2, -0.15) is 0 Å². The Bertz CT molecular complexity index is 1130. The average Bonchev–Trinajstić information content (AvgIpc) is 2.78. The molecule has 0 spiro atoms. The summed E-state index contributed by atoms with van der Waals surface area (Å²) in [5.41, 5.74) is 1.30. The van der Waals surface area contributed by atoms with E-state index in [2.05, 4.69) is 14.8 Å². The van der Waals surface area contributed by atoms with Gasteiger partial charge in [0.1, 0.15) is 6.10 Å². The van der Waals surface area contributed by atoms with E-state index in [0.717, 1.165) is 50.3 Å². The van der Waals surface area contributed by atoms with Gasteiger partial charge in [0.05, 0.1) is 17.3 Å². The fourth-order valence-corrected chi connectivity index (χ4v) is 6.66. The number of carbonyl (C=O) groups is 1. The van der Waals surface area contributed by atoms with Crippen LogP contribution < -0.4 is 9.64 Å². The highest BCUT2D eigenvalue weighted by Crippen LogP contribution is 2.45. The van der Waals surface area contributed by atoms with Crippen molar-refractivity contribution in [2.75, 3.05) is 31.1 Å². The molecule has 1 aromatic heterocycles. The Morgan fingerprint density at radius 2 is 1.92 bits per heavy atom. The molecular formula is C27H32Cl3N3O3. The minimum atomic E-state index is -0.660. The number of anilines is 1. The quantitative estimate of drug-likeness (QED) is 0.391. The number of halogens is 3. The number of pyridine rings is 1. The standard InChI is InChI=1S/C27H32Cl3N3O3/c1-16(22-6-5-19(28)8-23(22)29)36-24-9-20(12-31-25(24)30)33-14-18(15-33)17-4-3-7-32(13-17)21-10-27(2,11-21)26(34)35/h5-6,8-9,12,16-18,21H,3-4,7,10-11,13-15H2,1-2H3,(H,34,35)/t16-,17+,21?,27?/m1/s1. The van der Waals surface area contributed by atoms with Gasteiger partial charge in [0.15, 0.2) is 10.9 Å². The molecule has 2 aliphatic heterocycles. The SMILES string of the molecule is C[C@@H](Oc1cc(N2CC([C@H]3CCCN(C4CC(C)(C(=O)O)C4)C3)C2)cnc1Cl)c1ccc(Cl)cc1Cl. The van der Waals surface area contributed by atoms with Crippen LogP contribution in [0.4, 0.5) is 5.69 Å². The second-order valence-electron chi connectivity index (χ2n) is 10.9. The average molecular weight is 553 g/mol. The molecule has 1 aliphatic carbocycles. The van der Waals surface area contributed by atoms with Crippen LogP contribution in [-0.2, 0) is 4.79 Å². The zero-order chi connectivity index (χ0) is 25.6. The van der Waals surface area contributed by atoms with Crippen LogP contribution >= 0.6 is 34.8 Å². The van der Waals surface area contributed by atoms with Crippen molar-refractivity contribution < 1.29 is 14.6 Å². The molecule has 0 amide bonds. The van der Waals surface area contributed by atoms with E-state index in [1.807, 2.05) is 26.0 Å². The number of carboxylic acid groups (broad SMARTS) is 1. The van der Waals surface area contributed by atoms with E-state index in [9.17, 15) is 9.90 Å². The molecule has 1 N–H and O–H groups in total. The summed E-state index contributed by atoms with van der Waals surface area (Å²) in [7, 11) is 0. The molecule has 194 valence electrons. The van der Waals surface area contributed by atoms with Gasteiger partial charge in [-0.25, -0.2) is 4.98 Å². The zero-order valence-electron chi connectivity index (χ0n) is 20.6. The molecule has 0 radical (unpaired) electrons. The van der Waals surface area contributed by atoms with Crippen molar-refractivity contribution in [2.45, 2.75) is 51.7 Å². The van der Waals surface area contributed by atoms with E-state index in [-0.39, 0.29) is 6.10 Å². The fourth-order valence-electron chi connectivity index (χ4n) is 5.95. The largest absolute Gasteiger partial charge is 0.483 e. The minimum Gasteiger partial charge on any atom is -0.483 e. The maximum atomic E-state index is 11.5. The number of carboxylic acids is 1. The molecule has 6 nitrogen and oxygen atoms in total. The summed E-state index contributed by atoms with van der Waals surface area (Å²) in [5, 5.41) is 10.9. The van der Waals surface area contributed by atoms with Gasteiger partial charge in [-0.1, -0.05) is 40.9 Å². The van der Waals surface area contributed by atoms with E-state index in [1.54, 1.807) is 18.3 Å². The highest BCUT2D eigenvalue weighted by molar-refractivity contribution is 6.35. The van der Waals surface area contributed by atoms with Crippen molar-refractivity contribution in [2.24, 2.45) is 17.3 Å². The summed E-state index contributed by atoms with van der Waals surface area (Å²) in [6.07, 6.45) is 5.46. The van der Waals surface area contributed by atoms with Crippen LogP contribution in [0.3, 0.4) is 0 Å². The molecule has 3 heterocycles.